The molecule has 0 saturated heterocycles. The SMILES string of the molecule is O=c1c(Cl)c[nH]c2c(Cl)cc(Br)cc12. The van der Waals surface area contributed by atoms with Crippen LogP contribution in [0.25, 0.3) is 10.9 Å². The first-order valence-corrected chi connectivity index (χ1v) is 5.30. The second kappa shape index (κ2) is 3.57. The Morgan fingerprint density at radius 2 is 1.93 bits per heavy atom. The van der Waals surface area contributed by atoms with Crippen LogP contribution in [0.4, 0.5) is 0 Å². The average Bonchev–Trinajstić information content (AvgIpc) is 2.12. The van der Waals surface area contributed by atoms with Gasteiger partial charge in [-0.15, -0.1) is 0 Å². The molecule has 0 amide bonds. The molecule has 0 bridgehead atoms. The van der Waals surface area contributed by atoms with Crippen molar-refractivity contribution in [2.45, 2.75) is 0 Å². The van der Waals surface area contributed by atoms with Crippen LogP contribution in [-0.4, -0.2) is 4.98 Å². The van der Waals surface area contributed by atoms with E-state index in [0.29, 0.717) is 15.9 Å². The number of hydrogen-bond donors (Lipinski definition) is 1. The van der Waals surface area contributed by atoms with Gasteiger partial charge < -0.3 is 4.98 Å². The van der Waals surface area contributed by atoms with Crippen molar-refractivity contribution in [3.63, 3.8) is 0 Å². The van der Waals surface area contributed by atoms with Crippen molar-refractivity contribution in [1.82, 2.24) is 4.98 Å². The minimum atomic E-state index is -0.219. The van der Waals surface area contributed by atoms with E-state index < -0.39 is 0 Å². The third kappa shape index (κ3) is 1.56. The molecule has 1 heterocycles. The fraction of sp³-hybridized carbons (Fsp3) is 0. The van der Waals surface area contributed by atoms with Crippen molar-refractivity contribution in [2.75, 3.05) is 0 Å². The number of fused-ring (bicyclic) bond motifs is 1. The molecular weight excluding hydrogens is 289 g/mol. The highest BCUT2D eigenvalue weighted by molar-refractivity contribution is 9.10. The second-order valence-corrected chi connectivity index (χ2v) is 4.51. The molecule has 0 aliphatic rings. The van der Waals surface area contributed by atoms with Gasteiger partial charge in [-0.1, -0.05) is 39.1 Å². The molecule has 1 aromatic heterocycles. The Labute approximate surface area is 98.0 Å². The number of nitrogens with one attached hydrogen (secondary N) is 1. The number of rotatable bonds is 0. The molecule has 0 spiro atoms. The van der Waals surface area contributed by atoms with Crippen LogP contribution in [-0.2, 0) is 0 Å². The van der Waals surface area contributed by atoms with Gasteiger partial charge in [0, 0.05) is 16.1 Å². The summed E-state index contributed by atoms with van der Waals surface area (Å²) >= 11 is 14.9. The van der Waals surface area contributed by atoms with Gasteiger partial charge in [0.05, 0.1) is 10.5 Å². The van der Waals surface area contributed by atoms with E-state index in [2.05, 4.69) is 20.9 Å². The Morgan fingerprint density at radius 3 is 2.64 bits per heavy atom. The molecule has 0 fully saturated rings. The van der Waals surface area contributed by atoms with Crippen LogP contribution in [0, 0.1) is 0 Å². The molecule has 0 aliphatic heterocycles. The quantitative estimate of drug-likeness (QED) is 0.791. The standard InChI is InChI=1S/C9H4BrCl2NO/c10-4-1-5-8(6(11)2-4)13-3-7(12)9(5)14/h1-3H,(H,13,14). The van der Waals surface area contributed by atoms with Crippen molar-refractivity contribution < 1.29 is 0 Å². The van der Waals surface area contributed by atoms with E-state index in [0.717, 1.165) is 4.47 Å². The molecule has 2 aromatic rings. The van der Waals surface area contributed by atoms with Crippen LogP contribution in [0.15, 0.2) is 27.6 Å². The molecule has 0 radical (unpaired) electrons. The van der Waals surface area contributed by atoms with Crippen molar-refractivity contribution >= 4 is 50.0 Å². The van der Waals surface area contributed by atoms with Gasteiger partial charge in [-0.2, -0.15) is 0 Å². The number of pyridine rings is 1. The summed E-state index contributed by atoms with van der Waals surface area (Å²) < 4.78 is 0.753. The largest absolute Gasteiger partial charge is 0.358 e. The van der Waals surface area contributed by atoms with Crippen molar-refractivity contribution in [2.24, 2.45) is 0 Å². The summed E-state index contributed by atoms with van der Waals surface area (Å²) in [6, 6.07) is 3.40. The average molecular weight is 293 g/mol. The minimum Gasteiger partial charge on any atom is -0.358 e. The number of hydrogen-bond acceptors (Lipinski definition) is 1. The lowest BCUT2D eigenvalue weighted by atomic mass is 10.2. The van der Waals surface area contributed by atoms with E-state index in [1.807, 2.05) is 0 Å². The van der Waals surface area contributed by atoms with Gasteiger partial charge >= 0.3 is 0 Å². The first kappa shape index (κ1) is 10.0. The van der Waals surface area contributed by atoms with E-state index in [1.54, 1.807) is 12.1 Å². The van der Waals surface area contributed by atoms with Crippen LogP contribution < -0.4 is 5.43 Å². The monoisotopic (exact) mass is 291 g/mol. The number of benzene rings is 1. The van der Waals surface area contributed by atoms with E-state index in [1.165, 1.54) is 6.20 Å². The molecule has 0 unspecified atom stereocenters. The predicted octanol–water partition coefficient (Wildman–Crippen LogP) is 3.60. The Hall–Kier alpha value is -0.510. The summed E-state index contributed by atoms with van der Waals surface area (Å²) in [6.07, 6.45) is 1.44. The molecule has 72 valence electrons. The zero-order valence-corrected chi connectivity index (χ0v) is 9.87. The van der Waals surface area contributed by atoms with E-state index in [9.17, 15) is 4.79 Å². The molecule has 0 atom stereocenters. The summed E-state index contributed by atoms with van der Waals surface area (Å²) in [4.78, 5) is 14.5. The molecule has 5 heteroatoms. The summed E-state index contributed by atoms with van der Waals surface area (Å²) in [5.41, 5.74) is 0.382. The maximum Gasteiger partial charge on any atom is 0.208 e. The van der Waals surface area contributed by atoms with Gasteiger partial charge in [0.25, 0.3) is 0 Å². The molecule has 2 nitrogen and oxygen atoms in total. The maximum atomic E-state index is 11.6. The Morgan fingerprint density at radius 1 is 1.21 bits per heavy atom. The van der Waals surface area contributed by atoms with Gasteiger partial charge in [-0.05, 0) is 12.1 Å². The summed E-state index contributed by atoms with van der Waals surface area (Å²) in [6.45, 7) is 0. The number of H-pyrrole nitrogens is 1. The minimum absolute atomic E-state index is 0.159. The van der Waals surface area contributed by atoms with Gasteiger partial charge in [0.1, 0.15) is 5.02 Å². The zero-order valence-electron chi connectivity index (χ0n) is 6.77. The number of aromatic nitrogens is 1. The number of aromatic amines is 1. The Balaban J connectivity index is 3.03. The molecule has 1 aromatic carbocycles. The van der Waals surface area contributed by atoms with Gasteiger partial charge in [-0.25, -0.2) is 0 Å². The highest BCUT2D eigenvalue weighted by atomic mass is 79.9. The molecule has 0 saturated carbocycles. The Kier molecular flexibility index (Phi) is 2.56. The normalized spacial score (nSPS) is 10.8. The van der Waals surface area contributed by atoms with Crippen molar-refractivity contribution in [1.29, 1.82) is 0 Å². The van der Waals surface area contributed by atoms with Crippen LogP contribution in [0.3, 0.4) is 0 Å². The van der Waals surface area contributed by atoms with E-state index >= 15 is 0 Å². The molecular formula is C9H4BrCl2NO. The topological polar surface area (TPSA) is 32.9 Å². The highest BCUT2D eigenvalue weighted by Crippen LogP contribution is 2.25. The summed E-state index contributed by atoms with van der Waals surface area (Å²) in [5, 5.41) is 1.13. The smallest absolute Gasteiger partial charge is 0.208 e. The molecule has 2 rings (SSSR count). The van der Waals surface area contributed by atoms with E-state index in [-0.39, 0.29) is 10.5 Å². The van der Waals surface area contributed by atoms with Gasteiger partial charge in [0.15, 0.2) is 0 Å². The first-order chi connectivity index (χ1) is 6.59. The highest BCUT2D eigenvalue weighted by Gasteiger charge is 2.06. The molecule has 14 heavy (non-hydrogen) atoms. The van der Waals surface area contributed by atoms with Gasteiger partial charge in [0.2, 0.25) is 5.43 Å². The predicted molar refractivity (Wildman–Crippen MR) is 62.3 cm³/mol. The van der Waals surface area contributed by atoms with Crippen molar-refractivity contribution in [3.8, 4) is 0 Å². The second-order valence-electron chi connectivity index (χ2n) is 2.78. The zero-order chi connectivity index (χ0) is 10.3. The fourth-order valence-corrected chi connectivity index (χ4v) is 2.25. The summed E-state index contributed by atoms with van der Waals surface area (Å²) in [5.74, 6) is 0. The van der Waals surface area contributed by atoms with Crippen molar-refractivity contribution in [3.05, 3.63) is 43.1 Å². The fourth-order valence-electron chi connectivity index (χ4n) is 1.23. The lowest BCUT2D eigenvalue weighted by molar-refractivity contribution is 1.39. The lowest BCUT2D eigenvalue weighted by Gasteiger charge is -2.01. The third-order valence-corrected chi connectivity index (χ3v) is 2.90. The van der Waals surface area contributed by atoms with Crippen LogP contribution in [0.2, 0.25) is 10.0 Å². The van der Waals surface area contributed by atoms with Gasteiger partial charge in [-0.3, -0.25) is 4.79 Å². The first-order valence-electron chi connectivity index (χ1n) is 3.75. The van der Waals surface area contributed by atoms with E-state index in [4.69, 9.17) is 23.2 Å². The van der Waals surface area contributed by atoms with Crippen LogP contribution in [0.5, 0.6) is 0 Å². The number of halogens is 3. The molecule has 1 N–H and O–H groups in total. The lowest BCUT2D eigenvalue weighted by Crippen LogP contribution is -2.03. The maximum absolute atomic E-state index is 11.6. The third-order valence-electron chi connectivity index (χ3n) is 1.86. The summed E-state index contributed by atoms with van der Waals surface area (Å²) in [7, 11) is 0. The van der Waals surface area contributed by atoms with Crippen LogP contribution >= 0.6 is 39.1 Å². The Bertz CT molecular complexity index is 564. The van der Waals surface area contributed by atoms with Crippen LogP contribution in [0.1, 0.15) is 0 Å². The molecule has 0 aliphatic carbocycles.